The second-order valence-electron chi connectivity index (χ2n) is 6.71. The highest BCUT2D eigenvalue weighted by molar-refractivity contribution is 14.0. The highest BCUT2D eigenvalue weighted by Gasteiger charge is 2.06. The lowest BCUT2D eigenvalue weighted by molar-refractivity contribution is 0.489. The molecule has 7 heteroatoms. The monoisotopic (exact) mass is 470 g/mol. The van der Waals surface area contributed by atoms with Crippen LogP contribution >= 0.6 is 24.0 Å². The minimum absolute atomic E-state index is 0. The fourth-order valence-corrected chi connectivity index (χ4v) is 2.44. The van der Waals surface area contributed by atoms with Gasteiger partial charge in [-0.2, -0.15) is 0 Å². The SMILES string of the molecule is CCNC(=NCc1ccc(-n2ccnc2)nc1)NC(C)CCC(C)C.I. The van der Waals surface area contributed by atoms with Crippen molar-refractivity contribution in [3.05, 3.63) is 42.6 Å². The average molecular weight is 470 g/mol. The third-order valence-corrected chi connectivity index (χ3v) is 3.90. The molecule has 2 N–H and O–H groups in total. The molecule has 26 heavy (non-hydrogen) atoms. The van der Waals surface area contributed by atoms with Gasteiger partial charge in [0.25, 0.3) is 0 Å². The number of pyridine rings is 1. The van der Waals surface area contributed by atoms with E-state index >= 15 is 0 Å². The van der Waals surface area contributed by atoms with E-state index < -0.39 is 0 Å². The van der Waals surface area contributed by atoms with Crippen LogP contribution in [0.15, 0.2) is 42.0 Å². The highest BCUT2D eigenvalue weighted by atomic mass is 127. The van der Waals surface area contributed by atoms with Crippen molar-refractivity contribution in [2.24, 2.45) is 10.9 Å². The number of hydrogen-bond donors (Lipinski definition) is 2. The number of aromatic nitrogens is 3. The van der Waals surface area contributed by atoms with Crippen LogP contribution < -0.4 is 10.6 Å². The lowest BCUT2D eigenvalue weighted by Crippen LogP contribution is -2.42. The molecule has 0 bridgehead atoms. The molecular formula is C19H31IN6. The van der Waals surface area contributed by atoms with Gasteiger partial charge in [-0.15, -0.1) is 24.0 Å². The summed E-state index contributed by atoms with van der Waals surface area (Å²) in [7, 11) is 0. The molecule has 144 valence electrons. The molecule has 0 aliphatic rings. The lowest BCUT2D eigenvalue weighted by Gasteiger charge is -2.18. The molecule has 0 saturated heterocycles. The first-order chi connectivity index (χ1) is 12.1. The summed E-state index contributed by atoms with van der Waals surface area (Å²) in [5, 5.41) is 6.79. The smallest absolute Gasteiger partial charge is 0.191 e. The topological polar surface area (TPSA) is 67.1 Å². The Hall–Kier alpha value is -1.64. The Bertz CT molecular complexity index is 637. The summed E-state index contributed by atoms with van der Waals surface area (Å²) in [5.74, 6) is 2.44. The van der Waals surface area contributed by atoms with Gasteiger partial charge in [0.2, 0.25) is 0 Å². The van der Waals surface area contributed by atoms with E-state index in [0.29, 0.717) is 12.6 Å². The molecule has 1 unspecified atom stereocenters. The predicted octanol–water partition coefficient (Wildman–Crippen LogP) is 3.77. The molecule has 0 aliphatic carbocycles. The molecule has 0 fully saturated rings. The summed E-state index contributed by atoms with van der Waals surface area (Å²) >= 11 is 0. The van der Waals surface area contributed by atoms with Gasteiger partial charge in [0.1, 0.15) is 12.1 Å². The summed E-state index contributed by atoms with van der Waals surface area (Å²) < 4.78 is 1.88. The van der Waals surface area contributed by atoms with E-state index in [9.17, 15) is 0 Å². The number of hydrogen-bond acceptors (Lipinski definition) is 3. The van der Waals surface area contributed by atoms with Gasteiger partial charge in [0.15, 0.2) is 5.96 Å². The van der Waals surface area contributed by atoms with E-state index in [0.717, 1.165) is 36.2 Å². The van der Waals surface area contributed by atoms with Crippen molar-refractivity contribution in [2.75, 3.05) is 6.54 Å². The van der Waals surface area contributed by atoms with Gasteiger partial charge in [0.05, 0.1) is 6.54 Å². The van der Waals surface area contributed by atoms with Crippen LogP contribution in [-0.2, 0) is 6.54 Å². The number of aliphatic imine (C=N–C) groups is 1. The molecule has 0 spiro atoms. The average Bonchev–Trinajstić information content (AvgIpc) is 3.13. The Morgan fingerprint density at radius 1 is 1.23 bits per heavy atom. The van der Waals surface area contributed by atoms with Crippen LogP contribution in [0.25, 0.3) is 5.82 Å². The Balaban J connectivity index is 0.00000338. The van der Waals surface area contributed by atoms with Crippen LogP contribution in [0.4, 0.5) is 0 Å². The van der Waals surface area contributed by atoms with Crippen LogP contribution in [0, 0.1) is 5.92 Å². The van der Waals surface area contributed by atoms with Crippen LogP contribution in [0.5, 0.6) is 0 Å². The van der Waals surface area contributed by atoms with Crippen LogP contribution in [0.1, 0.15) is 46.1 Å². The van der Waals surface area contributed by atoms with Gasteiger partial charge in [-0.1, -0.05) is 19.9 Å². The maximum Gasteiger partial charge on any atom is 0.191 e. The third kappa shape index (κ3) is 7.72. The van der Waals surface area contributed by atoms with Crippen molar-refractivity contribution in [1.82, 2.24) is 25.2 Å². The first-order valence-corrected chi connectivity index (χ1v) is 9.06. The molecule has 0 radical (unpaired) electrons. The second kappa shape index (κ2) is 11.9. The quantitative estimate of drug-likeness (QED) is 0.350. The van der Waals surface area contributed by atoms with Gasteiger partial charge in [-0.25, -0.2) is 15.0 Å². The standard InChI is InChI=1S/C19H30N6.HI/c1-5-21-19(24-16(4)7-6-15(2)3)23-13-17-8-9-18(22-12-17)25-11-10-20-14-25;/h8-12,14-16H,5-7,13H2,1-4H3,(H2,21,23,24);1H. The maximum absolute atomic E-state index is 4.68. The zero-order valence-electron chi connectivity index (χ0n) is 16.1. The van der Waals surface area contributed by atoms with Gasteiger partial charge >= 0.3 is 0 Å². The van der Waals surface area contributed by atoms with Crippen molar-refractivity contribution in [1.29, 1.82) is 0 Å². The van der Waals surface area contributed by atoms with Crippen LogP contribution in [0.3, 0.4) is 0 Å². The number of nitrogens with zero attached hydrogens (tertiary/aromatic N) is 4. The zero-order chi connectivity index (χ0) is 18.1. The van der Waals surface area contributed by atoms with Crippen molar-refractivity contribution in [3.63, 3.8) is 0 Å². The largest absolute Gasteiger partial charge is 0.357 e. The normalized spacial score (nSPS) is 12.6. The van der Waals surface area contributed by atoms with E-state index in [4.69, 9.17) is 0 Å². The number of halogens is 1. The Labute approximate surface area is 174 Å². The molecule has 2 heterocycles. The maximum atomic E-state index is 4.68. The molecule has 0 amide bonds. The second-order valence-corrected chi connectivity index (χ2v) is 6.71. The Morgan fingerprint density at radius 2 is 2.04 bits per heavy atom. The Morgan fingerprint density at radius 3 is 2.62 bits per heavy atom. The number of imidazole rings is 1. The molecular weight excluding hydrogens is 439 g/mol. The summed E-state index contributed by atoms with van der Waals surface area (Å²) in [4.78, 5) is 13.2. The van der Waals surface area contributed by atoms with E-state index in [1.165, 1.54) is 6.42 Å². The number of guanidine groups is 1. The van der Waals surface area contributed by atoms with Gasteiger partial charge < -0.3 is 10.6 Å². The van der Waals surface area contributed by atoms with Crippen molar-refractivity contribution < 1.29 is 0 Å². The number of nitrogens with one attached hydrogen (secondary N) is 2. The first-order valence-electron chi connectivity index (χ1n) is 9.06. The summed E-state index contributed by atoms with van der Waals surface area (Å²) in [6, 6.07) is 4.44. The van der Waals surface area contributed by atoms with Crippen molar-refractivity contribution in [3.8, 4) is 5.82 Å². The van der Waals surface area contributed by atoms with Gasteiger partial charge in [0, 0.05) is 31.2 Å². The molecule has 0 aromatic carbocycles. The Kier molecular flexibility index (Phi) is 10.2. The minimum Gasteiger partial charge on any atom is -0.357 e. The van der Waals surface area contributed by atoms with Gasteiger partial charge in [-0.3, -0.25) is 4.57 Å². The zero-order valence-corrected chi connectivity index (χ0v) is 18.5. The van der Waals surface area contributed by atoms with E-state index in [-0.39, 0.29) is 24.0 Å². The molecule has 6 nitrogen and oxygen atoms in total. The van der Waals surface area contributed by atoms with Gasteiger partial charge in [-0.05, 0) is 44.2 Å². The summed E-state index contributed by atoms with van der Waals surface area (Å²) in [5.41, 5.74) is 1.08. The minimum atomic E-state index is 0. The third-order valence-electron chi connectivity index (χ3n) is 3.90. The molecule has 2 aromatic rings. The highest BCUT2D eigenvalue weighted by Crippen LogP contribution is 2.08. The summed E-state index contributed by atoms with van der Waals surface area (Å²) in [6.45, 7) is 10.2. The number of rotatable bonds is 8. The van der Waals surface area contributed by atoms with Crippen molar-refractivity contribution in [2.45, 2.75) is 53.1 Å². The molecule has 0 aliphatic heterocycles. The fourth-order valence-electron chi connectivity index (χ4n) is 2.44. The fraction of sp³-hybridized carbons (Fsp3) is 0.526. The molecule has 2 aromatic heterocycles. The lowest BCUT2D eigenvalue weighted by atomic mass is 10.0. The summed E-state index contributed by atoms with van der Waals surface area (Å²) in [6.07, 6.45) is 9.59. The van der Waals surface area contributed by atoms with E-state index in [1.54, 1.807) is 12.5 Å². The molecule has 0 saturated carbocycles. The van der Waals surface area contributed by atoms with E-state index in [1.807, 2.05) is 23.0 Å². The van der Waals surface area contributed by atoms with Crippen LogP contribution in [-0.4, -0.2) is 33.1 Å². The van der Waals surface area contributed by atoms with Crippen molar-refractivity contribution >= 4 is 29.9 Å². The molecule has 2 rings (SSSR count). The predicted molar refractivity (Wildman–Crippen MR) is 118 cm³/mol. The first kappa shape index (κ1) is 22.4. The van der Waals surface area contributed by atoms with Crippen LogP contribution in [0.2, 0.25) is 0 Å². The van der Waals surface area contributed by atoms with E-state index in [2.05, 4.69) is 59.4 Å². The molecule has 1 atom stereocenters.